The Kier molecular flexibility index (Phi) is 3.70. The first-order valence-corrected chi connectivity index (χ1v) is 3.35. The third-order valence-corrected chi connectivity index (χ3v) is 1.10. The van der Waals surface area contributed by atoms with Crippen molar-refractivity contribution in [2.45, 2.75) is 20.8 Å². The highest BCUT2D eigenvalue weighted by Crippen LogP contribution is 1.98. The number of hydrogen-bond acceptors (Lipinski definition) is 1. The zero-order valence-corrected chi connectivity index (χ0v) is 7.23. The Labute approximate surface area is 63.2 Å². The summed E-state index contributed by atoms with van der Waals surface area (Å²) >= 11 is 0. The summed E-state index contributed by atoms with van der Waals surface area (Å²) in [5, 5.41) is 0. The van der Waals surface area contributed by atoms with Crippen LogP contribution < -0.4 is 0 Å². The van der Waals surface area contributed by atoms with Crippen molar-refractivity contribution in [3.63, 3.8) is 0 Å². The fourth-order valence-corrected chi connectivity index (χ4v) is 0.652. The van der Waals surface area contributed by atoms with Gasteiger partial charge in [0.25, 0.3) is 0 Å². The lowest BCUT2D eigenvalue weighted by Crippen LogP contribution is -1.94. The normalized spacial score (nSPS) is 11.0. The van der Waals surface area contributed by atoms with E-state index in [9.17, 15) is 0 Å². The van der Waals surface area contributed by atoms with Gasteiger partial charge in [-0.1, -0.05) is 12.2 Å². The van der Waals surface area contributed by atoms with Crippen molar-refractivity contribution in [2.24, 2.45) is 4.99 Å². The Balaban J connectivity index is 4.42. The molecule has 0 aliphatic heterocycles. The Morgan fingerprint density at radius 3 is 1.90 bits per heavy atom. The maximum Gasteiger partial charge on any atom is 0.0593 e. The van der Waals surface area contributed by atoms with Crippen LogP contribution in [-0.4, -0.2) is 12.8 Å². The van der Waals surface area contributed by atoms with E-state index in [4.69, 9.17) is 0 Å². The zero-order valence-electron chi connectivity index (χ0n) is 7.23. The van der Waals surface area contributed by atoms with Crippen LogP contribution in [0, 0.1) is 0 Å². The molecule has 0 atom stereocenters. The average Bonchev–Trinajstić information content (AvgIpc) is 1.81. The molecule has 0 aliphatic carbocycles. The summed E-state index contributed by atoms with van der Waals surface area (Å²) in [6, 6.07) is 0. The third kappa shape index (κ3) is 3.23. The minimum absolute atomic E-state index is 0.986. The number of hydrogen-bond donors (Lipinski definition) is 0. The number of allylic oxidation sites excluding steroid dienone is 3. The quantitative estimate of drug-likeness (QED) is 0.519. The maximum absolute atomic E-state index is 4.07. The lowest BCUT2D eigenvalue weighted by Gasteiger charge is -1.97. The second-order valence-corrected chi connectivity index (χ2v) is 2.61. The molecule has 1 nitrogen and oxygen atoms in total. The largest absolute Gasteiger partial charge is 0.288 e. The van der Waals surface area contributed by atoms with Crippen LogP contribution in [0.4, 0.5) is 0 Å². The van der Waals surface area contributed by atoms with Crippen LogP contribution in [0.15, 0.2) is 28.8 Å². The van der Waals surface area contributed by atoms with E-state index < -0.39 is 0 Å². The summed E-state index contributed by atoms with van der Waals surface area (Å²) in [4.78, 5) is 4.07. The summed E-state index contributed by atoms with van der Waals surface area (Å²) in [5.74, 6) is 0. The molecular weight excluding hydrogens is 122 g/mol. The summed E-state index contributed by atoms with van der Waals surface area (Å²) in [6.45, 7) is 9.86. The highest BCUT2D eigenvalue weighted by Gasteiger charge is 1.91. The fraction of sp³-hybridized carbons (Fsp3) is 0.444. The molecule has 0 bridgehead atoms. The maximum atomic E-state index is 4.07. The van der Waals surface area contributed by atoms with Crippen molar-refractivity contribution in [1.29, 1.82) is 0 Å². The van der Waals surface area contributed by atoms with Gasteiger partial charge in [0, 0.05) is 7.05 Å². The molecule has 0 rings (SSSR count). The highest BCUT2D eigenvalue weighted by atomic mass is 14.7. The van der Waals surface area contributed by atoms with E-state index >= 15 is 0 Å². The number of nitrogens with zero attached hydrogens (tertiary/aromatic N) is 1. The molecule has 0 N–H and O–H groups in total. The molecule has 1 heteroatoms. The summed E-state index contributed by atoms with van der Waals surface area (Å²) in [6.07, 6.45) is 2.03. The second-order valence-electron chi connectivity index (χ2n) is 2.61. The standard InChI is InChI=1S/C9H15N/c1-7(2)6-9(10-5)8(3)4/h6H,3H2,1-2,4-5H3. The second kappa shape index (κ2) is 4.04. The van der Waals surface area contributed by atoms with Gasteiger partial charge in [-0.2, -0.15) is 0 Å². The third-order valence-electron chi connectivity index (χ3n) is 1.10. The first-order chi connectivity index (χ1) is 4.57. The SMILES string of the molecule is C=C(C)C(C=C(C)C)=NC. The molecule has 0 heterocycles. The first kappa shape index (κ1) is 9.15. The topological polar surface area (TPSA) is 12.4 Å². The fourth-order valence-electron chi connectivity index (χ4n) is 0.652. The molecule has 0 aromatic carbocycles. The Morgan fingerprint density at radius 1 is 1.30 bits per heavy atom. The van der Waals surface area contributed by atoms with Gasteiger partial charge in [0.15, 0.2) is 0 Å². The first-order valence-electron chi connectivity index (χ1n) is 3.35. The predicted octanol–water partition coefficient (Wildman–Crippen LogP) is 2.60. The smallest absolute Gasteiger partial charge is 0.0593 e. The van der Waals surface area contributed by atoms with Gasteiger partial charge < -0.3 is 0 Å². The lowest BCUT2D eigenvalue weighted by atomic mass is 10.1. The number of rotatable bonds is 2. The van der Waals surface area contributed by atoms with E-state index in [-0.39, 0.29) is 0 Å². The summed E-state index contributed by atoms with van der Waals surface area (Å²) < 4.78 is 0. The van der Waals surface area contributed by atoms with E-state index in [1.54, 1.807) is 7.05 Å². The van der Waals surface area contributed by atoms with Crippen LogP contribution in [0.3, 0.4) is 0 Å². The summed E-state index contributed by atoms with van der Waals surface area (Å²) in [7, 11) is 1.78. The van der Waals surface area contributed by atoms with E-state index in [1.165, 1.54) is 5.57 Å². The molecule has 0 aromatic rings. The van der Waals surface area contributed by atoms with Gasteiger partial charge in [0.1, 0.15) is 0 Å². The van der Waals surface area contributed by atoms with Crippen molar-refractivity contribution >= 4 is 5.71 Å². The Morgan fingerprint density at radius 2 is 1.80 bits per heavy atom. The van der Waals surface area contributed by atoms with Crippen LogP contribution in [0.2, 0.25) is 0 Å². The molecule has 0 aliphatic rings. The molecule has 10 heavy (non-hydrogen) atoms. The highest BCUT2D eigenvalue weighted by molar-refractivity contribution is 6.07. The van der Waals surface area contributed by atoms with Gasteiger partial charge in [-0.25, -0.2) is 0 Å². The van der Waals surface area contributed by atoms with Crippen molar-refractivity contribution in [3.8, 4) is 0 Å². The molecular formula is C9H15N. The van der Waals surface area contributed by atoms with Crippen LogP contribution in [0.5, 0.6) is 0 Å². The van der Waals surface area contributed by atoms with Gasteiger partial charge in [-0.15, -0.1) is 0 Å². The van der Waals surface area contributed by atoms with Crippen LogP contribution in [0.25, 0.3) is 0 Å². The Hall–Kier alpha value is -0.850. The van der Waals surface area contributed by atoms with Crippen LogP contribution >= 0.6 is 0 Å². The molecule has 0 unspecified atom stereocenters. The number of aliphatic imine (C=N–C) groups is 1. The minimum Gasteiger partial charge on any atom is -0.288 e. The zero-order chi connectivity index (χ0) is 8.15. The van der Waals surface area contributed by atoms with Gasteiger partial charge in [-0.3, -0.25) is 4.99 Å². The predicted molar refractivity (Wildman–Crippen MR) is 47.6 cm³/mol. The molecule has 56 valence electrons. The van der Waals surface area contributed by atoms with E-state index in [0.29, 0.717) is 0 Å². The van der Waals surface area contributed by atoms with E-state index in [2.05, 4.69) is 11.6 Å². The van der Waals surface area contributed by atoms with Crippen molar-refractivity contribution < 1.29 is 0 Å². The van der Waals surface area contributed by atoms with Crippen molar-refractivity contribution in [2.75, 3.05) is 7.05 Å². The molecule has 0 aromatic heterocycles. The van der Waals surface area contributed by atoms with Crippen molar-refractivity contribution in [3.05, 3.63) is 23.8 Å². The van der Waals surface area contributed by atoms with Crippen molar-refractivity contribution in [1.82, 2.24) is 0 Å². The Bertz CT molecular complexity index is 181. The van der Waals surface area contributed by atoms with Gasteiger partial charge in [0.2, 0.25) is 0 Å². The molecule has 0 radical (unpaired) electrons. The molecule has 0 saturated heterocycles. The minimum atomic E-state index is 0.986. The molecule has 0 saturated carbocycles. The van der Waals surface area contributed by atoms with Gasteiger partial charge >= 0.3 is 0 Å². The molecule has 0 fully saturated rings. The van der Waals surface area contributed by atoms with Crippen LogP contribution in [0.1, 0.15) is 20.8 Å². The molecule has 0 amide bonds. The van der Waals surface area contributed by atoms with E-state index in [0.717, 1.165) is 11.3 Å². The van der Waals surface area contributed by atoms with Gasteiger partial charge in [0.05, 0.1) is 5.71 Å². The van der Waals surface area contributed by atoms with Gasteiger partial charge in [-0.05, 0) is 32.4 Å². The molecule has 0 spiro atoms. The monoisotopic (exact) mass is 137 g/mol. The summed E-state index contributed by atoms with van der Waals surface area (Å²) in [5.41, 5.74) is 3.26. The lowest BCUT2D eigenvalue weighted by molar-refractivity contribution is 1.37. The van der Waals surface area contributed by atoms with E-state index in [1.807, 2.05) is 26.8 Å². The van der Waals surface area contributed by atoms with Crippen LogP contribution in [-0.2, 0) is 0 Å². The average molecular weight is 137 g/mol.